The lowest BCUT2D eigenvalue weighted by molar-refractivity contribution is 0.628. The highest BCUT2D eigenvalue weighted by Crippen LogP contribution is 2.26. The van der Waals surface area contributed by atoms with Gasteiger partial charge in [0.2, 0.25) is 0 Å². The second kappa shape index (κ2) is 9.37. The first-order chi connectivity index (χ1) is 14.7. The molecule has 0 spiro atoms. The molecule has 0 N–H and O–H groups in total. The molecule has 0 heterocycles. The molecule has 30 heavy (non-hydrogen) atoms. The summed E-state index contributed by atoms with van der Waals surface area (Å²) >= 11 is 0. The van der Waals surface area contributed by atoms with Crippen molar-refractivity contribution in [2.24, 2.45) is 0 Å². The Morgan fingerprint density at radius 3 is 2.07 bits per heavy atom. The minimum Gasteiger partial charge on any atom is -0.206 e. The van der Waals surface area contributed by atoms with E-state index in [4.69, 9.17) is 0 Å². The van der Waals surface area contributed by atoms with Crippen LogP contribution in [0.1, 0.15) is 35.1 Å². The average molecular weight is 393 g/mol. The molecule has 0 saturated heterocycles. The number of benzene rings is 4. The van der Waals surface area contributed by atoms with Gasteiger partial charge in [0, 0.05) is 11.1 Å². The highest BCUT2D eigenvalue weighted by atomic mass is 19.1. The first kappa shape index (κ1) is 19.8. The van der Waals surface area contributed by atoms with Crippen LogP contribution in [0.3, 0.4) is 0 Å². The largest absolute Gasteiger partial charge is 0.206 e. The maximum absolute atomic E-state index is 15.0. The van der Waals surface area contributed by atoms with E-state index in [-0.39, 0.29) is 5.82 Å². The molecule has 4 aromatic rings. The Morgan fingerprint density at radius 2 is 1.37 bits per heavy atom. The average Bonchev–Trinajstić information content (AvgIpc) is 2.80. The first-order valence-corrected chi connectivity index (χ1v) is 10.4. The molecule has 0 fully saturated rings. The number of rotatable bonds is 6. The Kier molecular flexibility index (Phi) is 6.20. The molecule has 0 aliphatic heterocycles. The van der Waals surface area contributed by atoms with Crippen molar-refractivity contribution >= 4 is 12.2 Å². The van der Waals surface area contributed by atoms with Crippen LogP contribution in [0.4, 0.5) is 4.39 Å². The molecule has 1 heteroatoms. The summed E-state index contributed by atoms with van der Waals surface area (Å²) in [6, 6.07) is 34.3. The normalized spacial score (nSPS) is 12.2. The van der Waals surface area contributed by atoms with Crippen LogP contribution >= 0.6 is 0 Å². The van der Waals surface area contributed by atoms with Gasteiger partial charge in [-0.05, 0) is 34.6 Å². The zero-order chi connectivity index (χ0) is 20.8. The fourth-order valence-electron chi connectivity index (χ4n) is 3.73. The van der Waals surface area contributed by atoms with Gasteiger partial charge in [-0.15, -0.1) is 0 Å². The zero-order valence-corrected chi connectivity index (χ0v) is 17.1. The topological polar surface area (TPSA) is 0 Å². The van der Waals surface area contributed by atoms with E-state index >= 15 is 0 Å². The quantitative estimate of drug-likeness (QED) is 0.292. The first-order valence-electron chi connectivity index (χ1n) is 10.4. The summed E-state index contributed by atoms with van der Waals surface area (Å²) in [5.74, 6) is 0.262. The molecule has 4 aromatic carbocycles. The van der Waals surface area contributed by atoms with Crippen LogP contribution in [-0.2, 0) is 6.42 Å². The molecule has 1 atom stereocenters. The summed E-state index contributed by atoms with van der Waals surface area (Å²) in [6.45, 7) is 2.25. The van der Waals surface area contributed by atoms with E-state index in [1.54, 1.807) is 0 Å². The van der Waals surface area contributed by atoms with Gasteiger partial charge in [-0.25, -0.2) is 4.39 Å². The van der Waals surface area contributed by atoms with Gasteiger partial charge in [-0.1, -0.05) is 122 Å². The number of hydrogen-bond donors (Lipinski definition) is 0. The third-order valence-electron chi connectivity index (χ3n) is 5.46. The molecule has 1 unspecified atom stereocenters. The van der Waals surface area contributed by atoms with Gasteiger partial charge in [-0.3, -0.25) is 0 Å². The maximum atomic E-state index is 15.0. The van der Waals surface area contributed by atoms with Crippen molar-refractivity contribution in [1.82, 2.24) is 0 Å². The molecular weight excluding hydrogens is 367 g/mol. The zero-order valence-electron chi connectivity index (χ0n) is 17.1. The van der Waals surface area contributed by atoms with Crippen molar-refractivity contribution in [1.29, 1.82) is 0 Å². The van der Waals surface area contributed by atoms with Crippen LogP contribution < -0.4 is 0 Å². The van der Waals surface area contributed by atoms with E-state index in [1.807, 2.05) is 66.7 Å². The Bertz CT molecular complexity index is 1110. The van der Waals surface area contributed by atoms with Gasteiger partial charge >= 0.3 is 0 Å². The van der Waals surface area contributed by atoms with E-state index in [2.05, 4.69) is 55.5 Å². The molecule has 0 nitrogen and oxygen atoms in total. The fourth-order valence-corrected chi connectivity index (χ4v) is 3.73. The van der Waals surface area contributed by atoms with E-state index in [1.165, 1.54) is 11.1 Å². The smallest absolute Gasteiger partial charge is 0.138 e. The Labute approximate surface area is 178 Å². The van der Waals surface area contributed by atoms with E-state index in [0.29, 0.717) is 17.0 Å². The lowest BCUT2D eigenvalue weighted by Gasteiger charge is -2.12. The lowest BCUT2D eigenvalue weighted by Crippen LogP contribution is -1.98. The standard InChI is InChI=1S/C29H25F/c1-22(21-24-9-4-2-5-10-24)25-18-15-23(16-19-25)17-20-27-13-8-14-28(29(27)30)26-11-6-3-7-12-26/h2-20,22H,21H2,1H3/b20-17-. The van der Waals surface area contributed by atoms with Crippen LogP contribution in [0.5, 0.6) is 0 Å². The van der Waals surface area contributed by atoms with Gasteiger partial charge in [0.05, 0.1) is 0 Å². The highest BCUT2D eigenvalue weighted by Gasteiger charge is 2.08. The SMILES string of the molecule is CC(Cc1ccccc1)c1ccc(/C=C\c2cccc(-c3ccccc3)c2F)cc1. The van der Waals surface area contributed by atoms with Gasteiger partial charge in [0.1, 0.15) is 5.82 Å². The molecule has 0 amide bonds. The minimum absolute atomic E-state index is 0.187. The second-order valence-corrected chi connectivity index (χ2v) is 7.67. The van der Waals surface area contributed by atoms with Crippen molar-refractivity contribution in [2.75, 3.05) is 0 Å². The Morgan fingerprint density at radius 1 is 0.700 bits per heavy atom. The summed E-state index contributed by atoms with van der Waals surface area (Å²) in [7, 11) is 0. The molecule has 0 aliphatic carbocycles. The van der Waals surface area contributed by atoms with Crippen LogP contribution in [0, 0.1) is 5.82 Å². The Balaban J connectivity index is 1.48. The van der Waals surface area contributed by atoms with Gasteiger partial charge < -0.3 is 0 Å². The fraction of sp³-hybridized carbons (Fsp3) is 0.103. The predicted octanol–water partition coefficient (Wildman–Crippen LogP) is 8.01. The summed E-state index contributed by atoms with van der Waals surface area (Å²) in [5.41, 5.74) is 5.84. The van der Waals surface area contributed by atoms with Crippen LogP contribution in [0.25, 0.3) is 23.3 Å². The van der Waals surface area contributed by atoms with Gasteiger partial charge in [-0.2, -0.15) is 0 Å². The molecule has 0 bridgehead atoms. The van der Waals surface area contributed by atoms with Crippen molar-refractivity contribution in [3.8, 4) is 11.1 Å². The number of halogens is 1. The summed E-state index contributed by atoms with van der Waals surface area (Å²) in [6.07, 6.45) is 4.84. The van der Waals surface area contributed by atoms with Crippen molar-refractivity contribution in [3.63, 3.8) is 0 Å². The highest BCUT2D eigenvalue weighted by molar-refractivity contribution is 5.74. The molecule has 0 saturated carbocycles. The van der Waals surface area contributed by atoms with Crippen molar-refractivity contribution in [3.05, 3.63) is 131 Å². The molecule has 4 rings (SSSR count). The monoisotopic (exact) mass is 392 g/mol. The van der Waals surface area contributed by atoms with Crippen molar-refractivity contribution in [2.45, 2.75) is 19.3 Å². The second-order valence-electron chi connectivity index (χ2n) is 7.67. The van der Waals surface area contributed by atoms with Crippen LogP contribution in [0.15, 0.2) is 103 Å². The summed E-state index contributed by atoms with van der Waals surface area (Å²) < 4.78 is 15.0. The van der Waals surface area contributed by atoms with Crippen LogP contribution in [-0.4, -0.2) is 0 Å². The lowest BCUT2D eigenvalue weighted by atomic mass is 9.93. The summed E-state index contributed by atoms with van der Waals surface area (Å²) in [4.78, 5) is 0. The van der Waals surface area contributed by atoms with Gasteiger partial charge in [0.25, 0.3) is 0 Å². The number of hydrogen-bond acceptors (Lipinski definition) is 0. The van der Waals surface area contributed by atoms with Crippen molar-refractivity contribution < 1.29 is 4.39 Å². The molecular formula is C29H25F. The molecule has 0 aliphatic rings. The van der Waals surface area contributed by atoms with E-state index in [9.17, 15) is 4.39 Å². The molecule has 148 valence electrons. The molecule has 0 aromatic heterocycles. The third kappa shape index (κ3) is 4.75. The van der Waals surface area contributed by atoms with Gasteiger partial charge in [0.15, 0.2) is 0 Å². The van der Waals surface area contributed by atoms with E-state index in [0.717, 1.165) is 17.5 Å². The Hall–Kier alpha value is -3.45. The maximum Gasteiger partial charge on any atom is 0.138 e. The summed E-state index contributed by atoms with van der Waals surface area (Å²) in [5, 5.41) is 0. The third-order valence-corrected chi connectivity index (χ3v) is 5.46. The predicted molar refractivity (Wildman–Crippen MR) is 126 cm³/mol. The van der Waals surface area contributed by atoms with Crippen LogP contribution in [0.2, 0.25) is 0 Å². The minimum atomic E-state index is -0.187. The van der Waals surface area contributed by atoms with E-state index < -0.39 is 0 Å². The molecule has 0 radical (unpaired) electrons.